The molecule has 1 aromatic carbocycles. The number of benzene rings is 1. The third-order valence-corrected chi connectivity index (χ3v) is 4.45. The summed E-state index contributed by atoms with van der Waals surface area (Å²) in [6.45, 7) is 1.89. The summed E-state index contributed by atoms with van der Waals surface area (Å²) in [4.78, 5) is 23.5. The lowest BCUT2D eigenvalue weighted by atomic mass is 9.86. The summed E-state index contributed by atoms with van der Waals surface area (Å²) in [5, 5.41) is 3.50. The molecule has 1 amide bonds. The zero-order chi connectivity index (χ0) is 16.7. The zero-order valence-electron chi connectivity index (χ0n) is 13.3. The molecule has 0 spiro atoms. The molecule has 2 atom stereocenters. The summed E-state index contributed by atoms with van der Waals surface area (Å²) in [5.74, 6) is -0.330. The quantitative estimate of drug-likeness (QED) is 0.661. The Morgan fingerprint density at radius 1 is 1.30 bits per heavy atom. The molecule has 1 aliphatic carbocycles. The Balaban J connectivity index is 1.75. The Labute approximate surface area is 141 Å². The van der Waals surface area contributed by atoms with Crippen LogP contribution in [-0.4, -0.2) is 24.5 Å². The van der Waals surface area contributed by atoms with E-state index < -0.39 is 5.97 Å². The number of carbonyl (C=O) groups excluding carboxylic acids is 2. The number of ether oxygens (including phenoxy) is 1. The fraction of sp³-hybridized carbons (Fsp3) is 0.444. The first-order valence-corrected chi connectivity index (χ1v) is 8.33. The van der Waals surface area contributed by atoms with Gasteiger partial charge < -0.3 is 10.1 Å². The lowest BCUT2D eigenvalue weighted by Gasteiger charge is -2.29. The van der Waals surface area contributed by atoms with E-state index in [1.807, 2.05) is 12.1 Å². The van der Waals surface area contributed by atoms with Crippen molar-refractivity contribution in [2.75, 3.05) is 6.61 Å². The number of rotatable bonds is 5. The standard InChI is InChI=1S/C18H22ClNO3/c1-13-6-2-5-9-16(13)20-17(21)12-23-18(22)11-10-14-7-3-4-8-15(14)19/h3-4,7-8,10-11,13,16H,2,5-6,9,12H2,1H3,(H,20,21)/b11-10+. The monoisotopic (exact) mass is 335 g/mol. The molecule has 5 heteroatoms. The first-order valence-electron chi connectivity index (χ1n) is 7.95. The molecule has 0 saturated heterocycles. The highest BCUT2D eigenvalue weighted by molar-refractivity contribution is 6.32. The van der Waals surface area contributed by atoms with Crippen molar-refractivity contribution in [3.63, 3.8) is 0 Å². The van der Waals surface area contributed by atoms with E-state index >= 15 is 0 Å². The molecule has 1 fully saturated rings. The number of carbonyl (C=O) groups is 2. The highest BCUT2D eigenvalue weighted by Crippen LogP contribution is 2.23. The van der Waals surface area contributed by atoms with E-state index in [0.29, 0.717) is 10.9 Å². The third-order valence-electron chi connectivity index (χ3n) is 4.11. The van der Waals surface area contributed by atoms with Crippen LogP contribution in [0.3, 0.4) is 0 Å². The molecule has 23 heavy (non-hydrogen) atoms. The fourth-order valence-electron chi connectivity index (χ4n) is 2.73. The molecule has 1 aliphatic rings. The van der Waals surface area contributed by atoms with E-state index in [0.717, 1.165) is 24.8 Å². The van der Waals surface area contributed by atoms with Crippen LogP contribution in [0, 0.1) is 5.92 Å². The van der Waals surface area contributed by atoms with Crippen LogP contribution in [0.1, 0.15) is 38.2 Å². The van der Waals surface area contributed by atoms with Gasteiger partial charge in [-0.3, -0.25) is 4.79 Å². The van der Waals surface area contributed by atoms with Crippen LogP contribution in [-0.2, 0) is 14.3 Å². The van der Waals surface area contributed by atoms with Crippen molar-refractivity contribution in [3.05, 3.63) is 40.9 Å². The maximum atomic E-state index is 11.9. The molecule has 0 aromatic heterocycles. The van der Waals surface area contributed by atoms with E-state index in [1.54, 1.807) is 18.2 Å². The zero-order valence-corrected chi connectivity index (χ0v) is 14.0. The highest BCUT2D eigenvalue weighted by atomic mass is 35.5. The fourth-order valence-corrected chi connectivity index (χ4v) is 2.93. The molecule has 2 unspecified atom stereocenters. The smallest absolute Gasteiger partial charge is 0.331 e. The molecule has 0 bridgehead atoms. The second kappa shape index (κ2) is 8.73. The van der Waals surface area contributed by atoms with Gasteiger partial charge in [0.15, 0.2) is 6.61 Å². The molecule has 4 nitrogen and oxygen atoms in total. The van der Waals surface area contributed by atoms with E-state index in [2.05, 4.69) is 12.2 Å². The van der Waals surface area contributed by atoms with Gasteiger partial charge in [0, 0.05) is 17.1 Å². The van der Waals surface area contributed by atoms with Crippen LogP contribution in [0.4, 0.5) is 0 Å². The van der Waals surface area contributed by atoms with Gasteiger partial charge >= 0.3 is 5.97 Å². The number of hydrogen-bond donors (Lipinski definition) is 1. The van der Waals surface area contributed by atoms with Gasteiger partial charge in [0.25, 0.3) is 5.91 Å². The highest BCUT2D eigenvalue weighted by Gasteiger charge is 2.22. The lowest BCUT2D eigenvalue weighted by Crippen LogP contribution is -2.42. The minimum Gasteiger partial charge on any atom is -0.452 e. The SMILES string of the molecule is CC1CCCCC1NC(=O)COC(=O)/C=C/c1ccccc1Cl. The van der Waals surface area contributed by atoms with E-state index in [4.69, 9.17) is 16.3 Å². The van der Waals surface area contributed by atoms with Crippen LogP contribution in [0.5, 0.6) is 0 Å². The number of hydrogen-bond acceptors (Lipinski definition) is 3. The van der Waals surface area contributed by atoms with Crippen LogP contribution in [0.15, 0.2) is 30.3 Å². The van der Waals surface area contributed by atoms with Crippen LogP contribution in [0.2, 0.25) is 5.02 Å². The van der Waals surface area contributed by atoms with Gasteiger partial charge in [-0.1, -0.05) is 49.6 Å². The van der Waals surface area contributed by atoms with Crippen molar-refractivity contribution in [1.29, 1.82) is 0 Å². The summed E-state index contributed by atoms with van der Waals surface area (Å²) in [6, 6.07) is 7.37. The maximum absolute atomic E-state index is 11.9. The van der Waals surface area contributed by atoms with E-state index in [1.165, 1.54) is 12.5 Å². The number of amides is 1. The van der Waals surface area contributed by atoms with Gasteiger partial charge in [-0.15, -0.1) is 0 Å². The summed E-state index contributed by atoms with van der Waals surface area (Å²) < 4.78 is 4.96. The third kappa shape index (κ3) is 5.71. The lowest BCUT2D eigenvalue weighted by molar-refractivity contribution is -0.144. The van der Waals surface area contributed by atoms with Crippen LogP contribution < -0.4 is 5.32 Å². The number of halogens is 1. The van der Waals surface area contributed by atoms with Crippen molar-refractivity contribution in [3.8, 4) is 0 Å². The second-order valence-corrected chi connectivity index (χ2v) is 6.31. The summed E-state index contributed by atoms with van der Waals surface area (Å²) >= 11 is 5.99. The minimum atomic E-state index is -0.559. The summed E-state index contributed by atoms with van der Waals surface area (Å²) in [6.07, 6.45) is 7.33. The molecule has 1 N–H and O–H groups in total. The molecule has 0 radical (unpaired) electrons. The second-order valence-electron chi connectivity index (χ2n) is 5.90. The summed E-state index contributed by atoms with van der Waals surface area (Å²) in [7, 11) is 0. The van der Waals surface area contributed by atoms with Crippen LogP contribution >= 0.6 is 11.6 Å². The summed E-state index contributed by atoms with van der Waals surface area (Å²) in [5.41, 5.74) is 0.728. The van der Waals surface area contributed by atoms with Gasteiger partial charge in [-0.25, -0.2) is 4.79 Å². The van der Waals surface area contributed by atoms with Crippen molar-refractivity contribution in [1.82, 2.24) is 5.32 Å². The largest absolute Gasteiger partial charge is 0.452 e. The van der Waals surface area contributed by atoms with Gasteiger partial charge in [0.1, 0.15) is 0 Å². The Hall–Kier alpha value is -1.81. The normalized spacial score (nSPS) is 21.1. The van der Waals surface area contributed by atoms with Gasteiger partial charge in [0.05, 0.1) is 0 Å². The topological polar surface area (TPSA) is 55.4 Å². The van der Waals surface area contributed by atoms with Gasteiger partial charge in [-0.2, -0.15) is 0 Å². The minimum absolute atomic E-state index is 0.189. The van der Waals surface area contributed by atoms with Crippen LogP contribution in [0.25, 0.3) is 6.08 Å². The molecule has 0 heterocycles. The molecule has 1 aromatic rings. The number of nitrogens with one attached hydrogen (secondary N) is 1. The van der Waals surface area contributed by atoms with Gasteiger partial charge in [0.2, 0.25) is 0 Å². The molecule has 2 rings (SSSR count). The Bertz CT molecular complexity index is 585. The Kier molecular flexibility index (Phi) is 6.66. The number of esters is 1. The molecule has 124 valence electrons. The van der Waals surface area contributed by atoms with Crippen molar-refractivity contribution in [2.24, 2.45) is 5.92 Å². The molecular weight excluding hydrogens is 314 g/mol. The first kappa shape index (κ1) is 17.5. The molecular formula is C18H22ClNO3. The molecule has 1 saturated carbocycles. The average molecular weight is 336 g/mol. The maximum Gasteiger partial charge on any atom is 0.331 e. The Morgan fingerprint density at radius 3 is 2.78 bits per heavy atom. The van der Waals surface area contributed by atoms with Gasteiger partial charge in [-0.05, 0) is 36.5 Å². The average Bonchev–Trinajstić information content (AvgIpc) is 2.54. The first-order chi connectivity index (χ1) is 11.1. The molecule has 0 aliphatic heterocycles. The van der Waals surface area contributed by atoms with E-state index in [-0.39, 0.29) is 18.6 Å². The van der Waals surface area contributed by atoms with Crippen molar-refractivity contribution >= 4 is 29.6 Å². The predicted octanol–water partition coefficient (Wildman–Crippen LogP) is 3.59. The Morgan fingerprint density at radius 2 is 2.04 bits per heavy atom. The predicted molar refractivity (Wildman–Crippen MR) is 91.0 cm³/mol. The van der Waals surface area contributed by atoms with Crippen molar-refractivity contribution < 1.29 is 14.3 Å². The van der Waals surface area contributed by atoms with E-state index in [9.17, 15) is 9.59 Å². The van der Waals surface area contributed by atoms with Crippen molar-refractivity contribution in [2.45, 2.75) is 38.6 Å².